The molecular formula is C12H15N3O. The minimum absolute atomic E-state index is 0.284. The second-order valence-electron chi connectivity index (χ2n) is 3.71. The number of benzene rings is 1. The Morgan fingerprint density at radius 3 is 2.69 bits per heavy atom. The number of phenolic OH excluding ortho intramolecular Hbond substituents is 1. The number of para-hydroxylation sites is 1. The smallest absolute Gasteiger partial charge is 0.146 e. The van der Waals surface area contributed by atoms with E-state index >= 15 is 0 Å². The molecule has 1 aromatic heterocycles. The summed E-state index contributed by atoms with van der Waals surface area (Å²) in [6.07, 6.45) is 6.26. The Balaban J connectivity index is 2.33. The Kier molecular flexibility index (Phi) is 3.19. The lowest BCUT2D eigenvalue weighted by molar-refractivity contribution is 0.459. The average Bonchev–Trinajstić information content (AvgIpc) is 2.81. The molecule has 1 aromatic carbocycles. The Morgan fingerprint density at radius 2 is 2.00 bits per heavy atom. The molecule has 0 spiro atoms. The number of unbranched alkanes of at least 4 members (excludes halogenated alkanes) is 1. The van der Waals surface area contributed by atoms with Gasteiger partial charge in [0.15, 0.2) is 0 Å². The van der Waals surface area contributed by atoms with Gasteiger partial charge in [-0.2, -0.15) is 10.2 Å². The van der Waals surface area contributed by atoms with E-state index in [1.54, 1.807) is 12.4 Å². The van der Waals surface area contributed by atoms with Gasteiger partial charge in [0.25, 0.3) is 0 Å². The highest BCUT2D eigenvalue weighted by atomic mass is 16.3. The van der Waals surface area contributed by atoms with Crippen molar-refractivity contribution in [3.63, 3.8) is 0 Å². The van der Waals surface area contributed by atoms with Crippen LogP contribution in [0.2, 0.25) is 0 Å². The minimum atomic E-state index is 0.284. The van der Waals surface area contributed by atoms with E-state index in [0.29, 0.717) is 5.69 Å². The lowest BCUT2D eigenvalue weighted by Gasteiger charge is -2.08. The van der Waals surface area contributed by atoms with Gasteiger partial charge in [-0.3, -0.25) is 0 Å². The summed E-state index contributed by atoms with van der Waals surface area (Å²) in [5.41, 5.74) is 1.59. The van der Waals surface area contributed by atoms with Crippen molar-refractivity contribution in [2.45, 2.75) is 26.2 Å². The summed E-state index contributed by atoms with van der Waals surface area (Å²) in [6.45, 7) is 2.13. The number of phenols is 1. The molecule has 0 atom stereocenters. The molecule has 0 aliphatic carbocycles. The maximum absolute atomic E-state index is 10.1. The van der Waals surface area contributed by atoms with E-state index in [2.05, 4.69) is 17.1 Å². The van der Waals surface area contributed by atoms with E-state index in [1.165, 1.54) is 4.80 Å². The topological polar surface area (TPSA) is 50.9 Å². The standard InChI is InChI=1S/C12H15N3O/c1-2-3-5-10-6-4-7-11(12(10)16)15-13-8-9-14-15/h4,6-9,16H,2-3,5H2,1H3. The van der Waals surface area contributed by atoms with E-state index in [9.17, 15) is 5.11 Å². The van der Waals surface area contributed by atoms with Gasteiger partial charge in [0.05, 0.1) is 12.4 Å². The number of hydrogen-bond donors (Lipinski definition) is 1. The number of nitrogens with zero attached hydrogens (tertiary/aromatic N) is 3. The summed E-state index contributed by atoms with van der Waals surface area (Å²) in [5.74, 6) is 0.284. The van der Waals surface area contributed by atoms with Crippen LogP contribution in [0.5, 0.6) is 5.75 Å². The molecule has 0 saturated heterocycles. The second kappa shape index (κ2) is 4.79. The molecule has 0 amide bonds. The molecular weight excluding hydrogens is 202 g/mol. The van der Waals surface area contributed by atoms with Gasteiger partial charge >= 0.3 is 0 Å². The number of aryl methyl sites for hydroxylation is 1. The molecule has 0 fully saturated rings. The SMILES string of the molecule is CCCCc1cccc(-n2nccn2)c1O. The second-order valence-corrected chi connectivity index (χ2v) is 3.71. The zero-order chi connectivity index (χ0) is 11.4. The van der Waals surface area contributed by atoms with Crippen LogP contribution in [-0.4, -0.2) is 20.1 Å². The van der Waals surface area contributed by atoms with Gasteiger partial charge in [-0.1, -0.05) is 25.5 Å². The third-order valence-corrected chi connectivity index (χ3v) is 2.53. The van der Waals surface area contributed by atoms with Crippen molar-refractivity contribution in [1.82, 2.24) is 15.0 Å². The molecule has 1 N–H and O–H groups in total. The van der Waals surface area contributed by atoms with Crippen molar-refractivity contribution in [2.75, 3.05) is 0 Å². The van der Waals surface area contributed by atoms with Crippen LogP contribution >= 0.6 is 0 Å². The zero-order valence-electron chi connectivity index (χ0n) is 9.30. The van der Waals surface area contributed by atoms with Gasteiger partial charge in [0, 0.05) is 0 Å². The van der Waals surface area contributed by atoms with Gasteiger partial charge in [-0.15, -0.1) is 4.80 Å². The number of aromatic nitrogens is 3. The van der Waals surface area contributed by atoms with Crippen molar-refractivity contribution >= 4 is 0 Å². The maximum atomic E-state index is 10.1. The fourth-order valence-electron chi connectivity index (χ4n) is 1.65. The Bertz CT molecular complexity index is 451. The molecule has 0 aliphatic heterocycles. The Labute approximate surface area is 94.5 Å². The summed E-state index contributed by atoms with van der Waals surface area (Å²) < 4.78 is 0. The molecule has 0 radical (unpaired) electrons. The lowest BCUT2D eigenvalue weighted by Crippen LogP contribution is -2.00. The quantitative estimate of drug-likeness (QED) is 0.855. The van der Waals surface area contributed by atoms with Crippen LogP contribution in [-0.2, 0) is 6.42 Å². The van der Waals surface area contributed by atoms with Crippen LogP contribution in [0.4, 0.5) is 0 Å². The lowest BCUT2D eigenvalue weighted by atomic mass is 10.1. The predicted octanol–water partition coefficient (Wildman–Crippen LogP) is 2.32. The van der Waals surface area contributed by atoms with Crippen LogP contribution in [0, 0.1) is 0 Å². The van der Waals surface area contributed by atoms with E-state index in [4.69, 9.17) is 0 Å². The molecule has 0 unspecified atom stereocenters. The van der Waals surface area contributed by atoms with Crippen molar-refractivity contribution in [2.24, 2.45) is 0 Å². The monoisotopic (exact) mass is 217 g/mol. The summed E-state index contributed by atoms with van der Waals surface area (Å²) in [4.78, 5) is 1.44. The molecule has 84 valence electrons. The molecule has 4 nitrogen and oxygen atoms in total. The van der Waals surface area contributed by atoms with E-state index in [0.717, 1.165) is 24.8 Å². The third kappa shape index (κ3) is 2.05. The molecule has 2 aromatic rings. The van der Waals surface area contributed by atoms with Crippen LogP contribution < -0.4 is 0 Å². The normalized spacial score (nSPS) is 10.6. The van der Waals surface area contributed by atoms with E-state index in [1.807, 2.05) is 18.2 Å². The summed E-state index contributed by atoms with van der Waals surface area (Å²) in [7, 11) is 0. The Morgan fingerprint density at radius 1 is 1.25 bits per heavy atom. The van der Waals surface area contributed by atoms with Crippen molar-refractivity contribution in [3.8, 4) is 11.4 Å². The first kappa shape index (κ1) is 10.7. The highest BCUT2D eigenvalue weighted by Crippen LogP contribution is 2.26. The highest BCUT2D eigenvalue weighted by molar-refractivity contribution is 5.49. The zero-order valence-corrected chi connectivity index (χ0v) is 9.30. The molecule has 1 heterocycles. The largest absolute Gasteiger partial charge is 0.505 e. The van der Waals surface area contributed by atoms with Crippen LogP contribution in [0.3, 0.4) is 0 Å². The molecule has 16 heavy (non-hydrogen) atoms. The summed E-state index contributed by atoms with van der Waals surface area (Å²) in [5, 5.41) is 18.1. The van der Waals surface area contributed by atoms with E-state index < -0.39 is 0 Å². The van der Waals surface area contributed by atoms with Crippen LogP contribution in [0.15, 0.2) is 30.6 Å². The van der Waals surface area contributed by atoms with Gasteiger partial charge < -0.3 is 5.11 Å². The third-order valence-electron chi connectivity index (χ3n) is 2.53. The first-order valence-corrected chi connectivity index (χ1v) is 5.50. The maximum Gasteiger partial charge on any atom is 0.146 e. The van der Waals surface area contributed by atoms with Crippen molar-refractivity contribution in [3.05, 3.63) is 36.2 Å². The van der Waals surface area contributed by atoms with Crippen LogP contribution in [0.1, 0.15) is 25.3 Å². The van der Waals surface area contributed by atoms with Crippen molar-refractivity contribution in [1.29, 1.82) is 0 Å². The molecule has 2 rings (SSSR count). The Hall–Kier alpha value is -1.84. The van der Waals surface area contributed by atoms with E-state index in [-0.39, 0.29) is 5.75 Å². The van der Waals surface area contributed by atoms with Gasteiger partial charge in [0.2, 0.25) is 0 Å². The molecule has 0 bridgehead atoms. The number of aromatic hydroxyl groups is 1. The number of hydrogen-bond acceptors (Lipinski definition) is 3. The van der Waals surface area contributed by atoms with Gasteiger partial charge in [0.1, 0.15) is 11.4 Å². The summed E-state index contributed by atoms with van der Waals surface area (Å²) >= 11 is 0. The fourth-order valence-corrected chi connectivity index (χ4v) is 1.65. The van der Waals surface area contributed by atoms with Gasteiger partial charge in [-0.05, 0) is 24.5 Å². The average molecular weight is 217 g/mol. The fraction of sp³-hybridized carbons (Fsp3) is 0.333. The summed E-state index contributed by atoms with van der Waals surface area (Å²) in [6, 6.07) is 5.67. The van der Waals surface area contributed by atoms with Crippen molar-refractivity contribution < 1.29 is 5.11 Å². The number of rotatable bonds is 4. The molecule has 0 aliphatic rings. The first-order chi connectivity index (χ1) is 7.83. The molecule has 4 heteroatoms. The predicted molar refractivity (Wildman–Crippen MR) is 61.6 cm³/mol. The minimum Gasteiger partial charge on any atom is -0.505 e. The first-order valence-electron chi connectivity index (χ1n) is 5.50. The van der Waals surface area contributed by atoms with Gasteiger partial charge in [-0.25, -0.2) is 0 Å². The molecule has 0 saturated carbocycles. The van der Waals surface area contributed by atoms with Crippen LogP contribution in [0.25, 0.3) is 5.69 Å². The highest BCUT2D eigenvalue weighted by Gasteiger charge is 2.08.